The molecule has 1 saturated heterocycles. The van der Waals surface area contributed by atoms with Crippen LogP contribution in [-0.4, -0.2) is 38.9 Å². The molecular weight excluding hydrogens is 228 g/mol. The number of rotatable bonds is 1. The zero-order valence-corrected chi connectivity index (χ0v) is 9.47. The summed E-state index contributed by atoms with van der Waals surface area (Å²) in [5.41, 5.74) is 6.62. The molecule has 0 amide bonds. The van der Waals surface area contributed by atoms with Crippen LogP contribution < -0.4 is 10.6 Å². The third-order valence-corrected chi connectivity index (χ3v) is 2.70. The summed E-state index contributed by atoms with van der Waals surface area (Å²) < 4.78 is 1.68. The quantitative estimate of drug-likeness (QED) is 0.765. The number of hydrogen-bond donors (Lipinski definition) is 1. The summed E-state index contributed by atoms with van der Waals surface area (Å²) in [6.45, 7) is 1.85. The van der Waals surface area contributed by atoms with Crippen LogP contribution in [0.2, 0.25) is 0 Å². The zero-order chi connectivity index (χ0) is 10.3. The molecule has 1 aliphatic rings. The van der Waals surface area contributed by atoms with Crippen molar-refractivity contribution in [3.63, 3.8) is 0 Å². The van der Waals surface area contributed by atoms with Gasteiger partial charge in [-0.1, -0.05) is 0 Å². The van der Waals surface area contributed by atoms with Gasteiger partial charge in [-0.25, -0.2) is 0 Å². The molecular formula is C9H13ClN6. The van der Waals surface area contributed by atoms with Crippen molar-refractivity contribution in [3.8, 4) is 0 Å². The van der Waals surface area contributed by atoms with E-state index in [1.807, 2.05) is 12.1 Å². The first-order valence-electron chi connectivity index (χ1n) is 5.00. The fourth-order valence-electron chi connectivity index (χ4n) is 1.88. The predicted molar refractivity (Wildman–Crippen MR) is 62.8 cm³/mol. The van der Waals surface area contributed by atoms with Crippen LogP contribution in [-0.2, 0) is 0 Å². The second kappa shape index (κ2) is 4.23. The van der Waals surface area contributed by atoms with E-state index < -0.39 is 0 Å². The molecule has 0 aliphatic carbocycles. The highest BCUT2D eigenvalue weighted by atomic mass is 35.5. The van der Waals surface area contributed by atoms with Gasteiger partial charge in [0.1, 0.15) is 12.1 Å². The fourth-order valence-corrected chi connectivity index (χ4v) is 1.88. The van der Waals surface area contributed by atoms with Gasteiger partial charge in [0.2, 0.25) is 0 Å². The lowest BCUT2D eigenvalue weighted by molar-refractivity contribution is 0.750. The Kier molecular flexibility index (Phi) is 2.93. The molecule has 1 fully saturated rings. The van der Waals surface area contributed by atoms with E-state index in [9.17, 15) is 0 Å². The summed E-state index contributed by atoms with van der Waals surface area (Å²) in [6, 6.07) is 4.14. The van der Waals surface area contributed by atoms with Gasteiger partial charge in [0.15, 0.2) is 5.65 Å². The maximum Gasteiger partial charge on any atom is 0.177 e. The second-order valence-corrected chi connectivity index (χ2v) is 3.82. The van der Waals surface area contributed by atoms with E-state index in [1.54, 1.807) is 10.8 Å². The average molecular weight is 241 g/mol. The van der Waals surface area contributed by atoms with E-state index in [1.165, 1.54) is 0 Å². The number of nitrogens with zero attached hydrogens (tertiary/aromatic N) is 5. The van der Waals surface area contributed by atoms with Crippen molar-refractivity contribution in [1.82, 2.24) is 19.8 Å². The molecule has 2 aromatic rings. The van der Waals surface area contributed by atoms with E-state index in [0.29, 0.717) is 0 Å². The normalized spacial score (nSPS) is 20.1. The van der Waals surface area contributed by atoms with Crippen molar-refractivity contribution in [2.45, 2.75) is 12.5 Å². The van der Waals surface area contributed by atoms with Gasteiger partial charge in [-0.3, -0.25) is 0 Å². The molecule has 7 heteroatoms. The molecule has 16 heavy (non-hydrogen) atoms. The Bertz CT molecular complexity index is 484. The highest BCUT2D eigenvalue weighted by Gasteiger charge is 2.20. The first-order valence-corrected chi connectivity index (χ1v) is 5.00. The number of hydrogen-bond acceptors (Lipinski definition) is 5. The molecule has 0 bridgehead atoms. The molecule has 0 aromatic carbocycles. The Balaban J connectivity index is 0.000000963. The van der Waals surface area contributed by atoms with Crippen molar-refractivity contribution in [1.29, 1.82) is 0 Å². The Morgan fingerprint density at radius 2 is 2.25 bits per heavy atom. The molecule has 1 atom stereocenters. The van der Waals surface area contributed by atoms with Gasteiger partial charge < -0.3 is 10.6 Å². The number of nitrogens with two attached hydrogens (primary N) is 1. The lowest BCUT2D eigenvalue weighted by Gasteiger charge is -2.15. The first-order chi connectivity index (χ1) is 7.33. The van der Waals surface area contributed by atoms with Crippen molar-refractivity contribution < 1.29 is 0 Å². The highest BCUT2D eigenvalue weighted by Crippen LogP contribution is 2.16. The average Bonchev–Trinajstić information content (AvgIpc) is 2.84. The van der Waals surface area contributed by atoms with E-state index in [4.69, 9.17) is 5.73 Å². The fraction of sp³-hybridized carbons (Fsp3) is 0.444. The van der Waals surface area contributed by atoms with Crippen LogP contribution in [0.3, 0.4) is 0 Å². The highest BCUT2D eigenvalue weighted by molar-refractivity contribution is 5.85. The first kappa shape index (κ1) is 11.1. The topological polar surface area (TPSA) is 72.3 Å². The van der Waals surface area contributed by atoms with Crippen LogP contribution in [0, 0.1) is 0 Å². The van der Waals surface area contributed by atoms with E-state index in [2.05, 4.69) is 20.2 Å². The van der Waals surface area contributed by atoms with E-state index in [0.717, 1.165) is 31.0 Å². The van der Waals surface area contributed by atoms with Gasteiger partial charge in [0, 0.05) is 19.1 Å². The van der Waals surface area contributed by atoms with E-state index >= 15 is 0 Å². The molecule has 6 nitrogen and oxygen atoms in total. The Morgan fingerprint density at radius 3 is 3.00 bits per heavy atom. The monoisotopic (exact) mass is 240 g/mol. The van der Waals surface area contributed by atoms with E-state index in [-0.39, 0.29) is 18.4 Å². The van der Waals surface area contributed by atoms with Gasteiger partial charge in [-0.15, -0.1) is 27.7 Å². The molecule has 0 radical (unpaired) electrons. The van der Waals surface area contributed by atoms with Crippen molar-refractivity contribution in [2.24, 2.45) is 5.73 Å². The SMILES string of the molecule is Cl.N[C@H]1CCN(c2ccc3nncn3n2)C1. The van der Waals surface area contributed by atoms with Crippen LogP contribution in [0.15, 0.2) is 18.5 Å². The molecule has 0 spiro atoms. The molecule has 0 saturated carbocycles. The van der Waals surface area contributed by atoms with Crippen molar-refractivity contribution >= 4 is 23.9 Å². The van der Waals surface area contributed by atoms with Crippen molar-refractivity contribution in [3.05, 3.63) is 18.5 Å². The smallest absolute Gasteiger partial charge is 0.177 e. The summed E-state index contributed by atoms with van der Waals surface area (Å²) >= 11 is 0. The van der Waals surface area contributed by atoms with Gasteiger partial charge in [0.25, 0.3) is 0 Å². The molecule has 3 rings (SSSR count). The molecule has 0 unspecified atom stereocenters. The van der Waals surface area contributed by atoms with Gasteiger partial charge in [-0.2, -0.15) is 4.52 Å². The largest absolute Gasteiger partial charge is 0.354 e. The van der Waals surface area contributed by atoms with Gasteiger partial charge in [0.05, 0.1) is 0 Å². The summed E-state index contributed by atoms with van der Waals surface area (Å²) in [4.78, 5) is 2.18. The maximum absolute atomic E-state index is 5.85. The second-order valence-electron chi connectivity index (χ2n) is 3.82. The predicted octanol–water partition coefficient (Wildman–Crippen LogP) is 0.0835. The Labute approximate surface area is 98.9 Å². The minimum absolute atomic E-state index is 0. The third kappa shape index (κ3) is 1.81. The molecule has 1 aliphatic heterocycles. The van der Waals surface area contributed by atoms with Gasteiger partial charge in [-0.05, 0) is 18.6 Å². The Hall–Kier alpha value is -1.40. The van der Waals surface area contributed by atoms with Crippen molar-refractivity contribution in [2.75, 3.05) is 18.0 Å². The molecule has 3 heterocycles. The van der Waals surface area contributed by atoms with Crippen LogP contribution in [0.25, 0.3) is 5.65 Å². The minimum atomic E-state index is 0. The molecule has 2 aromatic heterocycles. The zero-order valence-electron chi connectivity index (χ0n) is 8.65. The summed E-state index contributed by atoms with van der Waals surface area (Å²) in [5, 5.41) is 12.1. The summed E-state index contributed by atoms with van der Waals surface area (Å²) in [6.07, 6.45) is 2.64. The number of anilines is 1. The minimum Gasteiger partial charge on any atom is -0.354 e. The number of fused-ring (bicyclic) bond motifs is 1. The van der Waals surface area contributed by atoms with Crippen LogP contribution >= 0.6 is 12.4 Å². The molecule has 86 valence electrons. The van der Waals surface area contributed by atoms with Crippen LogP contribution in [0.4, 0.5) is 5.82 Å². The molecule has 2 N–H and O–H groups in total. The maximum atomic E-state index is 5.85. The summed E-state index contributed by atoms with van der Waals surface area (Å²) in [5.74, 6) is 0.940. The number of aromatic nitrogens is 4. The Morgan fingerprint density at radius 1 is 1.38 bits per heavy atom. The van der Waals surface area contributed by atoms with Crippen LogP contribution in [0.1, 0.15) is 6.42 Å². The lowest BCUT2D eigenvalue weighted by Crippen LogP contribution is -2.27. The lowest BCUT2D eigenvalue weighted by atomic mass is 10.3. The number of halogens is 1. The van der Waals surface area contributed by atoms with Gasteiger partial charge >= 0.3 is 0 Å². The standard InChI is InChI=1S/C9H12N6.ClH/c10-7-3-4-14(5-7)9-2-1-8-12-11-6-15(8)13-9;/h1-2,6-7H,3-5,10H2;1H/t7-;/m0./s1. The third-order valence-electron chi connectivity index (χ3n) is 2.70. The summed E-state index contributed by atoms with van der Waals surface area (Å²) in [7, 11) is 0. The van der Waals surface area contributed by atoms with Crippen LogP contribution in [0.5, 0.6) is 0 Å².